The van der Waals surface area contributed by atoms with E-state index in [4.69, 9.17) is 9.47 Å². The molecule has 2 N–H and O–H groups in total. The van der Waals surface area contributed by atoms with E-state index in [9.17, 15) is 14.0 Å². The minimum atomic E-state index is -0.500. The molecule has 2 rings (SSSR count). The average molecular weight is 388 g/mol. The van der Waals surface area contributed by atoms with Gasteiger partial charge in [0.05, 0.1) is 20.1 Å². The van der Waals surface area contributed by atoms with Crippen molar-refractivity contribution in [2.45, 2.75) is 26.7 Å². The maximum atomic E-state index is 13.2. The van der Waals surface area contributed by atoms with Crippen LogP contribution < -0.4 is 20.3 Å². The van der Waals surface area contributed by atoms with Gasteiger partial charge in [-0.25, -0.2) is 4.39 Å². The Morgan fingerprint density at radius 2 is 1.86 bits per heavy atom. The summed E-state index contributed by atoms with van der Waals surface area (Å²) in [7, 11) is 1.49. The monoisotopic (exact) mass is 388 g/mol. The van der Waals surface area contributed by atoms with Gasteiger partial charge in [-0.1, -0.05) is 26.0 Å². The van der Waals surface area contributed by atoms with Crippen molar-refractivity contribution >= 4 is 11.8 Å². The van der Waals surface area contributed by atoms with Crippen LogP contribution in [0.2, 0.25) is 0 Å². The summed E-state index contributed by atoms with van der Waals surface area (Å²) in [5.41, 5.74) is 5.46. The van der Waals surface area contributed by atoms with Gasteiger partial charge in [-0.2, -0.15) is 0 Å². The van der Waals surface area contributed by atoms with Crippen LogP contribution in [0.5, 0.6) is 11.5 Å². The molecule has 0 aromatic heterocycles. The number of rotatable bonds is 8. The number of methoxy groups -OCH3 is 1. The van der Waals surface area contributed by atoms with Crippen molar-refractivity contribution in [3.63, 3.8) is 0 Å². The van der Waals surface area contributed by atoms with E-state index in [1.807, 2.05) is 0 Å². The van der Waals surface area contributed by atoms with Gasteiger partial charge in [0.25, 0.3) is 5.91 Å². The van der Waals surface area contributed by atoms with Crippen molar-refractivity contribution in [2.24, 2.45) is 5.92 Å². The summed E-state index contributed by atoms with van der Waals surface area (Å²) in [6.07, 6.45) is 0.854. The van der Waals surface area contributed by atoms with Crippen LogP contribution in [0.4, 0.5) is 4.39 Å². The number of carbonyl (C=O) groups excluding carboxylic acids is 2. The number of carbonyl (C=O) groups is 2. The molecule has 7 heteroatoms. The number of hydrogen-bond donors (Lipinski definition) is 2. The summed E-state index contributed by atoms with van der Waals surface area (Å²) >= 11 is 0. The van der Waals surface area contributed by atoms with Crippen molar-refractivity contribution in [1.82, 2.24) is 10.9 Å². The maximum Gasteiger partial charge on any atom is 0.269 e. The van der Waals surface area contributed by atoms with Crippen LogP contribution in [0.15, 0.2) is 42.5 Å². The summed E-state index contributed by atoms with van der Waals surface area (Å²) in [6.45, 7) is 4.77. The first kappa shape index (κ1) is 21.2. The number of amides is 2. The van der Waals surface area contributed by atoms with Crippen molar-refractivity contribution < 1.29 is 23.5 Å². The molecule has 0 unspecified atom stereocenters. The predicted molar refractivity (Wildman–Crippen MR) is 104 cm³/mol. The van der Waals surface area contributed by atoms with Gasteiger partial charge < -0.3 is 9.47 Å². The molecule has 2 aromatic rings. The highest BCUT2D eigenvalue weighted by atomic mass is 19.1. The Balaban J connectivity index is 1.91. The highest BCUT2D eigenvalue weighted by molar-refractivity contribution is 5.96. The SMILES string of the molecule is COc1cc(C(=O)NNC(=O)Cc2cccc(F)c2)ccc1OCCC(C)C. The van der Waals surface area contributed by atoms with E-state index in [0.29, 0.717) is 35.2 Å². The Labute approximate surface area is 164 Å². The van der Waals surface area contributed by atoms with Gasteiger partial charge in [0.1, 0.15) is 5.82 Å². The molecule has 0 spiro atoms. The molecule has 0 aliphatic carbocycles. The lowest BCUT2D eigenvalue weighted by molar-refractivity contribution is -0.121. The van der Waals surface area contributed by atoms with Crippen LogP contribution in [0, 0.1) is 11.7 Å². The van der Waals surface area contributed by atoms with Crippen LogP contribution in [-0.2, 0) is 11.2 Å². The van der Waals surface area contributed by atoms with Crippen molar-refractivity contribution in [1.29, 1.82) is 0 Å². The Morgan fingerprint density at radius 1 is 1.07 bits per heavy atom. The van der Waals surface area contributed by atoms with Crippen molar-refractivity contribution in [3.05, 3.63) is 59.4 Å². The lowest BCUT2D eigenvalue weighted by Crippen LogP contribution is -2.42. The molecule has 28 heavy (non-hydrogen) atoms. The van der Waals surface area contributed by atoms with E-state index in [1.54, 1.807) is 24.3 Å². The Bertz CT molecular complexity index is 824. The molecule has 0 heterocycles. The van der Waals surface area contributed by atoms with Gasteiger partial charge >= 0.3 is 0 Å². The third-order valence-electron chi connectivity index (χ3n) is 3.95. The third-order valence-corrected chi connectivity index (χ3v) is 3.95. The van der Waals surface area contributed by atoms with E-state index in [-0.39, 0.29) is 6.42 Å². The van der Waals surface area contributed by atoms with E-state index >= 15 is 0 Å². The zero-order valence-corrected chi connectivity index (χ0v) is 16.3. The van der Waals surface area contributed by atoms with Gasteiger partial charge in [-0.05, 0) is 48.2 Å². The van der Waals surface area contributed by atoms with E-state index in [1.165, 1.54) is 25.3 Å². The first-order valence-corrected chi connectivity index (χ1v) is 9.03. The summed E-state index contributed by atoms with van der Waals surface area (Å²) in [5, 5.41) is 0. The predicted octanol–water partition coefficient (Wildman–Crippen LogP) is 3.26. The van der Waals surface area contributed by atoms with E-state index < -0.39 is 17.6 Å². The van der Waals surface area contributed by atoms with Crippen molar-refractivity contribution in [3.8, 4) is 11.5 Å². The van der Waals surface area contributed by atoms with Crippen LogP contribution in [0.25, 0.3) is 0 Å². The van der Waals surface area contributed by atoms with Crippen LogP contribution >= 0.6 is 0 Å². The molecular weight excluding hydrogens is 363 g/mol. The lowest BCUT2D eigenvalue weighted by atomic mass is 10.1. The zero-order chi connectivity index (χ0) is 20.5. The number of halogens is 1. The quantitative estimate of drug-likeness (QED) is 0.681. The van der Waals surface area contributed by atoms with E-state index in [2.05, 4.69) is 24.7 Å². The topological polar surface area (TPSA) is 76.7 Å². The first-order valence-electron chi connectivity index (χ1n) is 9.03. The van der Waals surface area contributed by atoms with Crippen molar-refractivity contribution in [2.75, 3.05) is 13.7 Å². The minimum absolute atomic E-state index is 0.0516. The Hall–Kier alpha value is -3.09. The molecule has 6 nitrogen and oxygen atoms in total. The standard InChI is InChI=1S/C21H25FN2O4/c1-14(2)9-10-28-18-8-7-16(13-19(18)27-3)21(26)24-23-20(25)12-15-5-4-6-17(22)11-15/h4-8,11,13-14H,9-10,12H2,1-3H3,(H,23,25)(H,24,26). The highest BCUT2D eigenvalue weighted by Crippen LogP contribution is 2.28. The highest BCUT2D eigenvalue weighted by Gasteiger charge is 2.13. The number of hydrogen-bond acceptors (Lipinski definition) is 4. The molecule has 0 fully saturated rings. The van der Waals surface area contributed by atoms with Gasteiger partial charge in [0.15, 0.2) is 11.5 Å². The van der Waals surface area contributed by atoms with Gasteiger partial charge in [-0.15, -0.1) is 0 Å². The second-order valence-electron chi connectivity index (χ2n) is 6.71. The molecule has 0 radical (unpaired) electrons. The fourth-order valence-electron chi connectivity index (χ4n) is 2.41. The van der Waals surface area contributed by atoms with Gasteiger partial charge in [0, 0.05) is 5.56 Å². The fraction of sp³-hybridized carbons (Fsp3) is 0.333. The molecule has 0 aliphatic rings. The molecule has 0 bridgehead atoms. The number of hydrazine groups is 1. The molecule has 150 valence electrons. The molecule has 0 atom stereocenters. The molecule has 0 saturated carbocycles. The summed E-state index contributed by atoms with van der Waals surface area (Å²) in [6, 6.07) is 10.5. The second-order valence-corrected chi connectivity index (χ2v) is 6.71. The largest absolute Gasteiger partial charge is 0.493 e. The van der Waals surface area contributed by atoms with Gasteiger partial charge in [0.2, 0.25) is 5.91 Å². The third kappa shape index (κ3) is 6.57. The molecule has 2 amide bonds. The van der Waals surface area contributed by atoms with Gasteiger partial charge in [-0.3, -0.25) is 20.4 Å². The van der Waals surface area contributed by atoms with E-state index in [0.717, 1.165) is 6.42 Å². The smallest absolute Gasteiger partial charge is 0.269 e. The molecule has 2 aromatic carbocycles. The summed E-state index contributed by atoms with van der Waals surface area (Å²) in [4.78, 5) is 24.2. The minimum Gasteiger partial charge on any atom is -0.493 e. The Morgan fingerprint density at radius 3 is 2.54 bits per heavy atom. The molecule has 0 saturated heterocycles. The average Bonchev–Trinajstić information content (AvgIpc) is 2.66. The number of ether oxygens (including phenoxy) is 2. The normalized spacial score (nSPS) is 10.5. The lowest BCUT2D eigenvalue weighted by Gasteiger charge is -2.13. The van der Waals surface area contributed by atoms with Crippen LogP contribution in [0.3, 0.4) is 0 Å². The number of benzene rings is 2. The zero-order valence-electron chi connectivity index (χ0n) is 16.3. The summed E-state index contributed by atoms with van der Waals surface area (Å²) < 4.78 is 24.1. The second kappa shape index (κ2) is 10.3. The Kier molecular flexibility index (Phi) is 7.80. The maximum absolute atomic E-state index is 13.2. The molecule has 0 aliphatic heterocycles. The number of nitrogens with one attached hydrogen (secondary N) is 2. The summed E-state index contributed by atoms with van der Waals surface area (Å²) in [5.74, 6) is 0.126. The molecular formula is C21H25FN2O4. The van der Waals surface area contributed by atoms with Crippen LogP contribution in [0.1, 0.15) is 36.2 Å². The van der Waals surface area contributed by atoms with Crippen LogP contribution in [-0.4, -0.2) is 25.5 Å². The first-order chi connectivity index (χ1) is 13.4. The fourth-order valence-corrected chi connectivity index (χ4v) is 2.41.